The summed E-state index contributed by atoms with van der Waals surface area (Å²) in [5.74, 6) is -0.807. The fourth-order valence-electron chi connectivity index (χ4n) is 1.03. The maximum Gasteiger partial charge on any atom is 0.339 e. The zero-order chi connectivity index (χ0) is 13.0. The molecule has 0 aliphatic heterocycles. The highest BCUT2D eigenvalue weighted by Crippen LogP contribution is 2.25. The van der Waals surface area contributed by atoms with E-state index in [1.165, 1.54) is 19.1 Å². The van der Waals surface area contributed by atoms with E-state index in [0.29, 0.717) is 0 Å². The summed E-state index contributed by atoms with van der Waals surface area (Å²) < 4.78 is 4.69. The Balaban J connectivity index is 3.01. The van der Waals surface area contributed by atoms with E-state index in [0.717, 1.165) is 6.07 Å². The third-order valence-electron chi connectivity index (χ3n) is 1.84. The molecule has 0 aliphatic carbocycles. The number of nitriles is 1. The van der Waals surface area contributed by atoms with Gasteiger partial charge in [0.2, 0.25) is 0 Å². The third kappa shape index (κ3) is 3.16. The van der Waals surface area contributed by atoms with Crippen molar-refractivity contribution in [2.24, 2.45) is 0 Å². The number of benzene rings is 1. The van der Waals surface area contributed by atoms with Crippen LogP contribution >= 0.6 is 11.6 Å². The van der Waals surface area contributed by atoms with Crippen LogP contribution in [0.2, 0.25) is 5.02 Å². The van der Waals surface area contributed by atoms with E-state index < -0.39 is 17.0 Å². The van der Waals surface area contributed by atoms with E-state index in [1.807, 2.05) is 0 Å². The van der Waals surface area contributed by atoms with Gasteiger partial charge in [-0.05, 0) is 19.1 Å². The van der Waals surface area contributed by atoms with Crippen molar-refractivity contribution in [1.82, 2.24) is 0 Å². The molecule has 1 aromatic rings. The lowest BCUT2D eigenvalue weighted by molar-refractivity contribution is -0.384. The summed E-state index contributed by atoms with van der Waals surface area (Å²) in [5, 5.41) is 19.0. The molecule has 0 unspecified atom stereocenters. The van der Waals surface area contributed by atoms with Crippen LogP contribution in [0.4, 0.5) is 5.69 Å². The van der Waals surface area contributed by atoms with Gasteiger partial charge in [0.1, 0.15) is 11.1 Å². The van der Waals surface area contributed by atoms with E-state index >= 15 is 0 Å². The molecule has 1 rings (SSSR count). The first-order chi connectivity index (χ1) is 7.95. The summed E-state index contributed by atoms with van der Waals surface area (Å²) in [5.41, 5.74) is -0.408. The standard InChI is InChI=1S/C10H7ClN2O4/c1-6(5-12)17-10(14)7-2-3-8(11)9(4-7)13(15)16/h2-4,6H,1H3/t6-/m1/s1. The Morgan fingerprint density at radius 2 is 2.29 bits per heavy atom. The molecular formula is C10H7ClN2O4. The number of hydrogen-bond donors (Lipinski definition) is 0. The average Bonchev–Trinajstić information content (AvgIpc) is 2.28. The normalized spacial score (nSPS) is 11.4. The minimum absolute atomic E-state index is 0.0248. The maximum absolute atomic E-state index is 11.5. The number of carbonyl (C=O) groups is 1. The van der Waals surface area contributed by atoms with Crippen LogP contribution < -0.4 is 0 Å². The molecule has 7 heteroatoms. The van der Waals surface area contributed by atoms with Gasteiger partial charge >= 0.3 is 5.97 Å². The molecule has 0 N–H and O–H groups in total. The van der Waals surface area contributed by atoms with Crippen LogP contribution in [0.25, 0.3) is 0 Å². The van der Waals surface area contributed by atoms with Gasteiger partial charge in [-0.15, -0.1) is 0 Å². The van der Waals surface area contributed by atoms with Crippen molar-refractivity contribution in [3.05, 3.63) is 38.9 Å². The molecule has 88 valence electrons. The van der Waals surface area contributed by atoms with Crippen molar-refractivity contribution in [3.63, 3.8) is 0 Å². The number of carbonyl (C=O) groups excluding carboxylic acids is 1. The molecule has 0 radical (unpaired) electrons. The fourth-order valence-corrected chi connectivity index (χ4v) is 1.22. The van der Waals surface area contributed by atoms with Gasteiger partial charge < -0.3 is 4.74 Å². The molecule has 0 fully saturated rings. The van der Waals surface area contributed by atoms with Crippen LogP contribution in [0.3, 0.4) is 0 Å². The molecule has 0 spiro atoms. The monoisotopic (exact) mass is 254 g/mol. The molecule has 0 saturated heterocycles. The Morgan fingerprint density at radius 3 is 2.82 bits per heavy atom. The highest BCUT2D eigenvalue weighted by atomic mass is 35.5. The largest absolute Gasteiger partial charge is 0.444 e. The van der Waals surface area contributed by atoms with Crippen LogP contribution in [0, 0.1) is 21.4 Å². The van der Waals surface area contributed by atoms with Gasteiger partial charge in [0, 0.05) is 6.07 Å². The van der Waals surface area contributed by atoms with Crippen LogP contribution in [-0.2, 0) is 4.74 Å². The van der Waals surface area contributed by atoms with E-state index in [-0.39, 0.29) is 16.3 Å². The van der Waals surface area contributed by atoms with Gasteiger partial charge in [0.25, 0.3) is 5.69 Å². The second-order valence-electron chi connectivity index (χ2n) is 3.10. The molecule has 0 aliphatic rings. The predicted octanol–water partition coefficient (Wildman–Crippen LogP) is 2.32. The number of halogens is 1. The fraction of sp³-hybridized carbons (Fsp3) is 0.200. The van der Waals surface area contributed by atoms with E-state index in [9.17, 15) is 14.9 Å². The van der Waals surface area contributed by atoms with Gasteiger partial charge in [0.05, 0.1) is 10.5 Å². The van der Waals surface area contributed by atoms with Crippen LogP contribution in [0.15, 0.2) is 18.2 Å². The van der Waals surface area contributed by atoms with Crippen molar-refractivity contribution in [2.45, 2.75) is 13.0 Å². The lowest BCUT2D eigenvalue weighted by Crippen LogP contribution is -2.13. The topological polar surface area (TPSA) is 93.2 Å². The Bertz CT molecular complexity index is 510. The Hall–Kier alpha value is -2.13. The summed E-state index contributed by atoms with van der Waals surface area (Å²) >= 11 is 5.58. The second kappa shape index (κ2) is 5.27. The van der Waals surface area contributed by atoms with Crippen molar-refractivity contribution in [2.75, 3.05) is 0 Å². The smallest absolute Gasteiger partial charge is 0.339 e. The first-order valence-electron chi connectivity index (χ1n) is 4.50. The predicted molar refractivity (Wildman–Crippen MR) is 58.6 cm³/mol. The SMILES string of the molecule is C[C@H](C#N)OC(=O)c1ccc(Cl)c([N+](=O)[O-])c1. The minimum Gasteiger partial charge on any atom is -0.444 e. The summed E-state index contributed by atoms with van der Waals surface area (Å²) in [7, 11) is 0. The quantitative estimate of drug-likeness (QED) is 0.469. The summed E-state index contributed by atoms with van der Waals surface area (Å²) in [4.78, 5) is 21.4. The minimum atomic E-state index is -0.919. The molecule has 0 saturated carbocycles. The van der Waals surface area contributed by atoms with E-state index in [4.69, 9.17) is 21.6 Å². The zero-order valence-corrected chi connectivity index (χ0v) is 9.47. The summed E-state index contributed by atoms with van der Waals surface area (Å²) in [6.07, 6.45) is -0.919. The van der Waals surface area contributed by atoms with Gasteiger partial charge in [-0.25, -0.2) is 4.79 Å². The average molecular weight is 255 g/mol. The van der Waals surface area contributed by atoms with Crippen LogP contribution in [0.5, 0.6) is 0 Å². The number of nitrogens with zero attached hydrogens (tertiary/aromatic N) is 2. The molecular weight excluding hydrogens is 248 g/mol. The number of ether oxygens (including phenoxy) is 1. The van der Waals surface area contributed by atoms with Gasteiger partial charge in [-0.1, -0.05) is 11.6 Å². The Labute approximate surface area is 102 Å². The van der Waals surface area contributed by atoms with E-state index in [2.05, 4.69) is 0 Å². The van der Waals surface area contributed by atoms with E-state index in [1.54, 1.807) is 6.07 Å². The van der Waals surface area contributed by atoms with Crippen LogP contribution in [0.1, 0.15) is 17.3 Å². The number of nitro groups is 1. The maximum atomic E-state index is 11.5. The highest BCUT2D eigenvalue weighted by molar-refractivity contribution is 6.32. The number of hydrogen-bond acceptors (Lipinski definition) is 5. The molecule has 6 nitrogen and oxygen atoms in total. The van der Waals surface area contributed by atoms with Gasteiger partial charge in [0.15, 0.2) is 6.10 Å². The Morgan fingerprint density at radius 1 is 1.65 bits per heavy atom. The molecule has 1 aromatic carbocycles. The summed E-state index contributed by atoms with van der Waals surface area (Å²) in [6, 6.07) is 5.24. The number of rotatable bonds is 3. The number of esters is 1. The first kappa shape index (κ1) is 12.9. The molecule has 0 bridgehead atoms. The van der Waals surface area contributed by atoms with Gasteiger partial charge in [-0.2, -0.15) is 5.26 Å². The molecule has 1 atom stereocenters. The first-order valence-corrected chi connectivity index (χ1v) is 4.88. The van der Waals surface area contributed by atoms with Crippen molar-refractivity contribution >= 4 is 23.3 Å². The van der Waals surface area contributed by atoms with Crippen molar-refractivity contribution in [1.29, 1.82) is 5.26 Å². The van der Waals surface area contributed by atoms with Crippen molar-refractivity contribution in [3.8, 4) is 6.07 Å². The molecule has 0 amide bonds. The lowest BCUT2D eigenvalue weighted by atomic mass is 10.2. The van der Waals surface area contributed by atoms with Crippen LogP contribution in [-0.4, -0.2) is 17.0 Å². The Kier molecular flexibility index (Phi) is 4.01. The number of nitro benzene ring substituents is 1. The molecule has 0 aromatic heterocycles. The molecule has 17 heavy (non-hydrogen) atoms. The molecule has 0 heterocycles. The second-order valence-corrected chi connectivity index (χ2v) is 3.51. The highest BCUT2D eigenvalue weighted by Gasteiger charge is 2.18. The lowest BCUT2D eigenvalue weighted by Gasteiger charge is -2.05. The third-order valence-corrected chi connectivity index (χ3v) is 2.16. The summed E-state index contributed by atoms with van der Waals surface area (Å²) in [6.45, 7) is 1.39. The van der Waals surface area contributed by atoms with Crippen molar-refractivity contribution < 1.29 is 14.5 Å². The van der Waals surface area contributed by atoms with Gasteiger partial charge in [-0.3, -0.25) is 10.1 Å². The zero-order valence-electron chi connectivity index (χ0n) is 8.71.